The van der Waals surface area contributed by atoms with Gasteiger partial charge in [0.05, 0.1) is 16.8 Å². The number of aromatic nitrogens is 2. The maximum Gasteiger partial charge on any atom is 0.283 e. The number of carbonyl (C=O) groups excluding carboxylic acids is 1. The van der Waals surface area contributed by atoms with Gasteiger partial charge in [0.15, 0.2) is 0 Å². The third kappa shape index (κ3) is 5.06. The first-order valence-corrected chi connectivity index (χ1v) is 9.56. The van der Waals surface area contributed by atoms with Gasteiger partial charge < -0.3 is 5.32 Å². The molecule has 0 radical (unpaired) electrons. The quantitative estimate of drug-likeness (QED) is 0.633. The summed E-state index contributed by atoms with van der Waals surface area (Å²) < 4.78 is 27.0. The number of hydrogen-bond acceptors (Lipinski definition) is 2. The van der Waals surface area contributed by atoms with Crippen molar-refractivity contribution in [2.75, 3.05) is 0 Å². The van der Waals surface area contributed by atoms with Gasteiger partial charge in [0.2, 0.25) is 5.91 Å². The molecule has 0 spiro atoms. The van der Waals surface area contributed by atoms with Gasteiger partial charge >= 0.3 is 0 Å². The second kappa shape index (κ2) is 9.31. The zero-order valence-electron chi connectivity index (χ0n) is 16.1. The van der Waals surface area contributed by atoms with Crippen LogP contribution in [0.4, 0.5) is 8.78 Å². The summed E-state index contributed by atoms with van der Waals surface area (Å²) in [5, 5.41) is 6.63. The molecule has 1 aromatic carbocycles. The lowest BCUT2D eigenvalue weighted by atomic mass is 9.95. The van der Waals surface area contributed by atoms with Crippen LogP contribution in [0, 0.1) is 6.92 Å². The summed E-state index contributed by atoms with van der Waals surface area (Å²) in [6, 6.07) is 8.08. The SMILES string of the molecule is CCC(C)c1ccc(C(CC)NC(=O)Cn2nc(C(F)F)c(Cl)c2C)cc1. The number of nitrogens with zero attached hydrogens (tertiary/aromatic N) is 2. The fourth-order valence-electron chi connectivity index (χ4n) is 2.93. The summed E-state index contributed by atoms with van der Waals surface area (Å²) in [6.07, 6.45) is -0.984. The second-order valence-corrected chi connectivity index (χ2v) is 7.13. The highest BCUT2D eigenvalue weighted by atomic mass is 35.5. The van der Waals surface area contributed by atoms with E-state index in [9.17, 15) is 13.6 Å². The monoisotopic (exact) mass is 397 g/mol. The summed E-state index contributed by atoms with van der Waals surface area (Å²) in [7, 11) is 0. The minimum Gasteiger partial charge on any atom is -0.348 e. The Bertz CT molecular complexity index is 774. The van der Waals surface area contributed by atoms with E-state index >= 15 is 0 Å². The molecule has 0 bridgehead atoms. The molecular formula is C20H26ClF2N3O. The minimum absolute atomic E-state index is 0.0922. The van der Waals surface area contributed by atoms with Gasteiger partial charge in [-0.15, -0.1) is 0 Å². The highest BCUT2D eigenvalue weighted by molar-refractivity contribution is 6.31. The third-order valence-corrected chi connectivity index (χ3v) is 5.39. The van der Waals surface area contributed by atoms with Gasteiger partial charge in [-0.3, -0.25) is 9.48 Å². The normalized spacial score (nSPS) is 13.6. The molecule has 1 N–H and O–H groups in total. The molecule has 2 rings (SSSR count). The molecule has 7 heteroatoms. The van der Waals surface area contributed by atoms with E-state index in [1.807, 2.05) is 19.1 Å². The van der Waals surface area contributed by atoms with Crippen LogP contribution in [0.1, 0.15) is 74.5 Å². The Morgan fingerprint density at radius 3 is 2.26 bits per heavy atom. The van der Waals surface area contributed by atoms with Crippen LogP contribution in [-0.2, 0) is 11.3 Å². The molecule has 27 heavy (non-hydrogen) atoms. The van der Waals surface area contributed by atoms with Crippen molar-refractivity contribution in [2.45, 2.75) is 65.5 Å². The molecule has 0 saturated heterocycles. The number of halogens is 3. The Labute approximate surface area is 163 Å². The van der Waals surface area contributed by atoms with Gasteiger partial charge in [0, 0.05) is 0 Å². The van der Waals surface area contributed by atoms with E-state index < -0.39 is 12.1 Å². The van der Waals surface area contributed by atoms with Crippen molar-refractivity contribution in [1.82, 2.24) is 15.1 Å². The van der Waals surface area contributed by atoms with E-state index in [-0.39, 0.29) is 23.5 Å². The minimum atomic E-state index is -2.77. The van der Waals surface area contributed by atoms with Crippen molar-refractivity contribution in [2.24, 2.45) is 0 Å². The largest absolute Gasteiger partial charge is 0.348 e. The Kier molecular flexibility index (Phi) is 7.36. The Hall–Kier alpha value is -1.95. The smallest absolute Gasteiger partial charge is 0.283 e. The molecule has 4 nitrogen and oxygen atoms in total. The van der Waals surface area contributed by atoms with Crippen LogP contribution in [0.2, 0.25) is 5.02 Å². The molecule has 148 valence electrons. The number of rotatable bonds is 8. The van der Waals surface area contributed by atoms with E-state index in [1.54, 1.807) is 6.92 Å². The molecule has 2 unspecified atom stereocenters. The number of carbonyl (C=O) groups is 1. The highest BCUT2D eigenvalue weighted by Gasteiger charge is 2.22. The summed E-state index contributed by atoms with van der Waals surface area (Å²) in [6.45, 7) is 7.73. The Morgan fingerprint density at radius 1 is 1.19 bits per heavy atom. The van der Waals surface area contributed by atoms with Gasteiger partial charge in [0.25, 0.3) is 6.43 Å². The van der Waals surface area contributed by atoms with Crippen LogP contribution in [0.5, 0.6) is 0 Å². The van der Waals surface area contributed by atoms with Crippen molar-refractivity contribution < 1.29 is 13.6 Å². The first-order valence-electron chi connectivity index (χ1n) is 9.18. The summed E-state index contributed by atoms with van der Waals surface area (Å²) in [4.78, 5) is 12.4. The number of benzene rings is 1. The third-order valence-electron chi connectivity index (χ3n) is 4.92. The molecule has 2 atom stereocenters. The number of amides is 1. The van der Waals surface area contributed by atoms with Crippen LogP contribution < -0.4 is 5.32 Å². The Morgan fingerprint density at radius 2 is 1.78 bits per heavy atom. The zero-order chi connectivity index (χ0) is 20.1. The van der Waals surface area contributed by atoms with Crippen molar-refractivity contribution in [3.8, 4) is 0 Å². The summed E-state index contributed by atoms with van der Waals surface area (Å²) in [5.74, 6) is 0.196. The van der Waals surface area contributed by atoms with Gasteiger partial charge in [0.1, 0.15) is 12.2 Å². The molecule has 1 aromatic heterocycles. The van der Waals surface area contributed by atoms with Crippen LogP contribution >= 0.6 is 11.6 Å². The van der Waals surface area contributed by atoms with E-state index in [4.69, 9.17) is 11.6 Å². The maximum absolute atomic E-state index is 12.9. The fourth-order valence-corrected chi connectivity index (χ4v) is 3.15. The van der Waals surface area contributed by atoms with E-state index in [0.29, 0.717) is 11.6 Å². The fraction of sp³-hybridized carbons (Fsp3) is 0.500. The molecule has 0 aliphatic heterocycles. The van der Waals surface area contributed by atoms with Crippen LogP contribution in [-0.4, -0.2) is 15.7 Å². The van der Waals surface area contributed by atoms with Crippen molar-refractivity contribution in [1.29, 1.82) is 0 Å². The average molecular weight is 398 g/mol. The van der Waals surface area contributed by atoms with Crippen molar-refractivity contribution >= 4 is 17.5 Å². The van der Waals surface area contributed by atoms with E-state index in [2.05, 4.69) is 36.4 Å². The maximum atomic E-state index is 12.9. The predicted molar refractivity (Wildman–Crippen MR) is 103 cm³/mol. The van der Waals surface area contributed by atoms with Crippen LogP contribution in [0.15, 0.2) is 24.3 Å². The van der Waals surface area contributed by atoms with Gasteiger partial charge in [-0.25, -0.2) is 8.78 Å². The van der Waals surface area contributed by atoms with E-state index in [0.717, 1.165) is 18.4 Å². The van der Waals surface area contributed by atoms with Gasteiger partial charge in [-0.2, -0.15) is 5.10 Å². The molecule has 0 aliphatic rings. The number of hydrogen-bond donors (Lipinski definition) is 1. The lowest BCUT2D eigenvalue weighted by molar-refractivity contribution is -0.122. The van der Waals surface area contributed by atoms with Gasteiger partial charge in [-0.05, 0) is 36.8 Å². The first kappa shape index (κ1) is 21.4. The molecule has 0 aliphatic carbocycles. The van der Waals surface area contributed by atoms with Gasteiger partial charge in [-0.1, -0.05) is 56.6 Å². The molecular weight excluding hydrogens is 372 g/mol. The zero-order valence-corrected chi connectivity index (χ0v) is 16.9. The van der Waals surface area contributed by atoms with Crippen molar-refractivity contribution in [3.63, 3.8) is 0 Å². The summed E-state index contributed by atoms with van der Waals surface area (Å²) >= 11 is 5.88. The summed E-state index contributed by atoms with van der Waals surface area (Å²) in [5.41, 5.74) is 2.15. The molecule has 0 fully saturated rings. The number of alkyl halides is 2. The molecule has 1 heterocycles. The lowest BCUT2D eigenvalue weighted by Crippen LogP contribution is -2.32. The Balaban J connectivity index is 2.08. The predicted octanol–water partition coefficient (Wildman–Crippen LogP) is 5.56. The molecule has 1 amide bonds. The first-order chi connectivity index (χ1) is 12.8. The van der Waals surface area contributed by atoms with Crippen LogP contribution in [0.3, 0.4) is 0 Å². The highest BCUT2D eigenvalue weighted by Crippen LogP contribution is 2.28. The lowest BCUT2D eigenvalue weighted by Gasteiger charge is -2.19. The second-order valence-electron chi connectivity index (χ2n) is 6.75. The van der Waals surface area contributed by atoms with E-state index in [1.165, 1.54) is 10.2 Å². The molecule has 2 aromatic rings. The van der Waals surface area contributed by atoms with Crippen molar-refractivity contribution in [3.05, 3.63) is 51.8 Å². The topological polar surface area (TPSA) is 46.9 Å². The average Bonchev–Trinajstić information content (AvgIpc) is 2.94. The standard InChI is InChI=1S/C20H26ClF2N3O/c1-5-12(3)14-7-9-15(10-8-14)16(6-2)24-17(27)11-26-13(4)18(21)19(25-26)20(22)23/h7-10,12,16,20H,5-6,11H2,1-4H3,(H,24,27). The molecule has 0 saturated carbocycles. The van der Waals surface area contributed by atoms with Crippen LogP contribution in [0.25, 0.3) is 0 Å². The number of nitrogens with one attached hydrogen (secondary N) is 1.